The zero-order valence-corrected chi connectivity index (χ0v) is 9.35. The van der Waals surface area contributed by atoms with Crippen molar-refractivity contribution in [2.75, 3.05) is 7.05 Å². The van der Waals surface area contributed by atoms with Gasteiger partial charge < -0.3 is 0 Å². The predicted octanol–water partition coefficient (Wildman–Crippen LogP) is 3.60. The lowest BCUT2D eigenvalue weighted by molar-refractivity contribution is 0.547. The van der Waals surface area contributed by atoms with Gasteiger partial charge in [0.25, 0.3) is 0 Å². The molecule has 0 N–H and O–H groups in total. The highest BCUT2D eigenvalue weighted by Gasteiger charge is 2.22. The van der Waals surface area contributed by atoms with Gasteiger partial charge in [-0.1, -0.05) is 12.5 Å². The largest absolute Gasteiger partial charge is 0.293 e. The lowest BCUT2D eigenvalue weighted by Gasteiger charge is -2.26. The van der Waals surface area contributed by atoms with Crippen LogP contribution in [0.1, 0.15) is 46.5 Å². The standard InChI is InChI=1S/C12H21N/c1-5-10-7-6-8-11(9(2)3)12(10)13-4/h10H,5-8H2,1-4H3/t10-/m0/s1. The third kappa shape index (κ3) is 2.20. The number of aliphatic imine (C=N–C) groups is 1. The maximum absolute atomic E-state index is 4.46. The van der Waals surface area contributed by atoms with Crippen LogP contribution in [0.3, 0.4) is 0 Å². The second-order valence-corrected chi connectivity index (χ2v) is 4.08. The molecular formula is C12H21N. The van der Waals surface area contributed by atoms with Crippen molar-refractivity contribution in [3.8, 4) is 0 Å². The van der Waals surface area contributed by atoms with Gasteiger partial charge in [0, 0.05) is 18.7 Å². The molecule has 0 radical (unpaired) electrons. The van der Waals surface area contributed by atoms with Gasteiger partial charge in [-0.15, -0.1) is 0 Å². The predicted molar refractivity (Wildman–Crippen MR) is 59.4 cm³/mol. The van der Waals surface area contributed by atoms with E-state index in [-0.39, 0.29) is 0 Å². The fourth-order valence-electron chi connectivity index (χ4n) is 2.26. The minimum atomic E-state index is 0.726. The van der Waals surface area contributed by atoms with Gasteiger partial charge in [-0.25, -0.2) is 0 Å². The Morgan fingerprint density at radius 1 is 1.46 bits per heavy atom. The van der Waals surface area contributed by atoms with Crippen molar-refractivity contribution in [3.05, 3.63) is 11.1 Å². The van der Waals surface area contributed by atoms with Crippen LogP contribution in [0.15, 0.2) is 16.1 Å². The minimum Gasteiger partial charge on any atom is -0.293 e. The number of hydrogen-bond donors (Lipinski definition) is 0. The molecule has 1 aliphatic carbocycles. The van der Waals surface area contributed by atoms with Crippen LogP contribution in [0.4, 0.5) is 0 Å². The molecule has 0 saturated heterocycles. The summed E-state index contributed by atoms with van der Waals surface area (Å²) in [5.41, 5.74) is 4.37. The van der Waals surface area contributed by atoms with E-state index in [1.54, 1.807) is 0 Å². The Labute approximate surface area is 82.0 Å². The van der Waals surface area contributed by atoms with E-state index in [1.807, 2.05) is 7.05 Å². The molecule has 1 atom stereocenters. The van der Waals surface area contributed by atoms with Crippen molar-refractivity contribution in [3.63, 3.8) is 0 Å². The van der Waals surface area contributed by atoms with E-state index >= 15 is 0 Å². The van der Waals surface area contributed by atoms with Crippen molar-refractivity contribution in [1.82, 2.24) is 0 Å². The molecule has 1 fully saturated rings. The molecule has 74 valence electrons. The van der Waals surface area contributed by atoms with E-state index in [0.29, 0.717) is 0 Å². The average molecular weight is 179 g/mol. The maximum Gasteiger partial charge on any atom is 0.0406 e. The van der Waals surface area contributed by atoms with Crippen LogP contribution in [0.2, 0.25) is 0 Å². The molecule has 0 amide bonds. The first kappa shape index (κ1) is 10.5. The van der Waals surface area contributed by atoms with Crippen molar-refractivity contribution in [2.24, 2.45) is 10.9 Å². The quantitative estimate of drug-likeness (QED) is 0.583. The highest BCUT2D eigenvalue weighted by molar-refractivity contribution is 6.02. The molecule has 1 rings (SSSR count). The Kier molecular flexibility index (Phi) is 3.71. The van der Waals surface area contributed by atoms with Gasteiger partial charge in [-0.2, -0.15) is 0 Å². The van der Waals surface area contributed by atoms with Crippen LogP contribution < -0.4 is 0 Å². The molecule has 0 aliphatic heterocycles. The summed E-state index contributed by atoms with van der Waals surface area (Å²) in [6.45, 7) is 6.68. The monoisotopic (exact) mass is 179 g/mol. The Bertz CT molecular complexity index is 232. The molecule has 0 aromatic rings. The van der Waals surface area contributed by atoms with Gasteiger partial charge in [0.2, 0.25) is 0 Å². The summed E-state index contributed by atoms with van der Waals surface area (Å²) in [6.07, 6.45) is 5.16. The number of rotatable bonds is 1. The lowest BCUT2D eigenvalue weighted by atomic mass is 9.80. The van der Waals surface area contributed by atoms with E-state index in [2.05, 4.69) is 25.8 Å². The third-order valence-corrected chi connectivity index (χ3v) is 3.01. The molecule has 0 aromatic heterocycles. The second kappa shape index (κ2) is 4.59. The second-order valence-electron chi connectivity index (χ2n) is 4.08. The van der Waals surface area contributed by atoms with Gasteiger partial charge >= 0.3 is 0 Å². The first-order chi connectivity index (χ1) is 6.20. The summed E-state index contributed by atoms with van der Waals surface area (Å²) in [5, 5.41) is 0. The van der Waals surface area contributed by atoms with Crippen LogP contribution in [-0.4, -0.2) is 12.8 Å². The smallest absolute Gasteiger partial charge is 0.0406 e. The molecule has 1 heteroatoms. The Morgan fingerprint density at radius 2 is 2.15 bits per heavy atom. The zero-order valence-electron chi connectivity index (χ0n) is 9.35. The van der Waals surface area contributed by atoms with E-state index in [1.165, 1.54) is 42.5 Å². The normalized spacial score (nSPS) is 26.6. The fourth-order valence-corrected chi connectivity index (χ4v) is 2.26. The van der Waals surface area contributed by atoms with Crippen LogP contribution in [0.25, 0.3) is 0 Å². The third-order valence-electron chi connectivity index (χ3n) is 3.01. The van der Waals surface area contributed by atoms with Crippen LogP contribution >= 0.6 is 0 Å². The molecule has 0 bridgehead atoms. The highest BCUT2D eigenvalue weighted by atomic mass is 14.7. The molecule has 1 nitrogen and oxygen atoms in total. The summed E-state index contributed by atoms with van der Waals surface area (Å²) in [5.74, 6) is 0.726. The maximum atomic E-state index is 4.46. The van der Waals surface area contributed by atoms with Gasteiger partial charge in [-0.05, 0) is 45.1 Å². The molecule has 0 spiro atoms. The van der Waals surface area contributed by atoms with E-state index < -0.39 is 0 Å². The summed E-state index contributed by atoms with van der Waals surface area (Å²) in [6, 6.07) is 0. The molecule has 1 aliphatic rings. The molecule has 13 heavy (non-hydrogen) atoms. The summed E-state index contributed by atoms with van der Waals surface area (Å²) < 4.78 is 0. The minimum absolute atomic E-state index is 0.726. The van der Waals surface area contributed by atoms with Crippen molar-refractivity contribution >= 4 is 5.71 Å². The fraction of sp³-hybridized carbons (Fsp3) is 0.750. The number of nitrogens with zero attached hydrogens (tertiary/aromatic N) is 1. The van der Waals surface area contributed by atoms with Crippen molar-refractivity contribution in [2.45, 2.75) is 46.5 Å². The highest BCUT2D eigenvalue weighted by Crippen LogP contribution is 2.30. The van der Waals surface area contributed by atoms with Gasteiger partial charge in [0.1, 0.15) is 0 Å². The van der Waals surface area contributed by atoms with Crippen LogP contribution in [0, 0.1) is 5.92 Å². The lowest BCUT2D eigenvalue weighted by Crippen LogP contribution is -2.22. The van der Waals surface area contributed by atoms with Gasteiger partial charge in [0.15, 0.2) is 0 Å². The zero-order chi connectivity index (χ0) is 9.84. The van der Waals surface area contributed by atoms with Crippen molar-refractivity contribution in [1.29, 1.82) is 0 Å². The first-order valence-electron chi connectivity index (χ1n) is 5.34. The summed E-state index contributed by atoms with van der Waals surface area (Å²) in [7, 11) is 1.94. The van der Waals surface area contributed by atoms with Crippen LogP contribution in [-0.2, 0) is 0 Å². The van der Waals surface area contributed by atoms with Crippen LogP contribution in [0.5, 0.6) is 0 Å². The Balaban J connectivity index is 2.94. The van der Waals surface area contributed by atoms with Gasteiger partial charge in [-0.3, -0.25) is 4.99 Å². The Morgan fingerprint density at radius 3 is 2.62 bits per heavy atom. The first-order valence-corrected chi connectivity index (χ1v) is 5.34. The molecule has 0 heterocycles. The number of hydrogen-bond acceptors (Lipinski definition) is 1. The average Bonchev–Trinajstić information content (AvgIpc) is 2.16. The number of allylic oxidation sites excluding steroid dienone is 2. The summed E-state index contributed by atoms with van der Waals surface area (Å²) >= 11 is 0. The topological polar surface area (TPSA) is 12.4 Å². The molecule has 1 saturated carbocycles. The Hall–Kier alpha value is -0.590. The van der Waals surface area contributed by atoms with Crippen molar-refractivity contribution < 1.29 is 0 Å². The van der Waals surface area contributed by atoms with E-state index in [4.69, 9.17) is 0 Å². The van der Waals surface area contributed by atoms with E-state index in [0.717, 1.165) is 5.92 Å². The summed E-state index contributed by atoms with van der Waals surface area (Å²) in [4.78, 5) is 4.46. The van der Waals surface area contributed by atoms with Gasteiger partial charge in [0.05, 0.1) is 0 Å². The molecular weight excluding hydrogens is 158 g/mol. The molecule has 0 aromatic carbocycles. The van der Waals surface area contributed by atoms with E-state index in [9.17, 15) is 0 Å². The molecule has 0 unspecified atom stereocenters. The SMILES string of the molecule is CC[C@H]1CCCC(=C(C)C)C1=NC.